The fourth-order valence-corrected chi connectivity index (χ4v) is 4.49. The number of nitrogens with one attached hydrogen (secondary N) is 1. The predicted molar refractivity (Wildman–Crippen MR) is 99.2 cm³/mol. The van der Waals surface area contributed by atoms with Crippen molar-refractivity contribution in [2.45, 2.75) is 64.8 Å². The van der Waals surface area contributed by atoms with Crippen molar-refractivity contribution in [3.8, 4) is 0 Å². The van der Waals surface area contributed by atoms with Crippen molar-refractivity contribution in [2.24, 2.45) is 10.9 Å². The molecule has 0 unspecified atom stereocenters. The molecule has 1 aromatic rings. The van der Waals surface area contributed by atoms with Crippen LogP contribution < -0.4 is 5.32 Å². The molecule has 1 N–H and O–H groups in total. The van der Waals surface area contributed by atoms with Gasteiger partial charge in [0, 0.05) is 18.2 Å². The Balaban J connectivity index is 1.90. The van der Waals surface area contributed by atoms with Crippen molar-refractivity contribution in [1.29, 1.82) is 0 Å². The van der Waals surface area contributed by atoms with Crippen LogP contribution in [0.3, 0.4) is 0 Å². The zero-order valence-electron chi connectivity index (χ0n) is 15.1. The summed E-state index contributed by atoms with van der Waals surface area (Å²) in [6, 6.07) is 7.06. The number of rotatable bonds is 4. The Morgan fingerprint density at radius 2 is 2.09 bits per heavy atom. The maximum Gasteiger partial charge on any atom is 0.0516 e. The van der Waals surface area contributed by atoms with E-state index in [0.29, 0.717) is 0 Å². The van der Waals surface area contributed by atoms with Crippen LogP contribution in [0.15, 0.2) is 35.0 Å². The first-order valence-corrected chi connectivity index (χ1v) is 9.15. The SMILES string of the molecule is CC[C@H]1Cc2ccc(C3=NC=C(C)C3)cc2CC[C@]1(CC)NC. The maximum absolute atomic E-state index is 4.59. The first-order chi connectivity index (χ1) is 11.1. The van der Waals surface area contributed by atoms with E-state index in [0.717, 1.165) is 12.3 Å². The highest BCUT2D eigenvalue weighted by molar-refractivity contribution is 6.03. The Bertz CT molecular complexity index is 635. The lowest BCUT2D eigenvalue weighted by atomic mass is 9.76. The van der Waals surface area contributed by atoms with Gasteiger partial charge in [0.2, 0.25) is 0 Å². The third-order valence-electron chi connectivity index (χ3n) is 6.14. The summed E-state index contributed by atoms with van der Waals surface area (Å²) < 4.78 is 0. The van der Waals surface area contributed by atoms with Gasteiger partial charge in [0.25, 0.3) is 0 Å². The van der Waals surface area contributed by atoms with Crippen LogP contribution in [0.1, 0.15) is 63.1 Å². The second kappa shape index (κ2) is 6.60. The zero-order chi connectivity index (χ0) is 16.4. The van der Waals surface area contributed by atoms with E-state index >= 15 is 0 Å². The highest BCUT2D eigenvalue weighted by Gasteiger charge is 2.36. The lowest BCUT2D eigenvalue weighted by molar-refractivity contribution is 0.195. The molecule has 0 spiro atoms. The number of aliphatic imine (C=N–C) groups is 1. The molecule has 0 saturated heterocycles. The highest BCUT2D eigenvalue weighted by Crippen LogP contribution is 2.37. The predicted octanol–water partition coefficient (Wildman–Crippen LogP) is 4.67. The molecule has 2 atom stereocenters. The molecule has 23 heavy (non-hydrogen) atoms. The molecule has 0 radical (unpaired) electrons. The maximum atomic E-state index is 4.59. The molecular formula is C21H30N2. The molecule has 0 aromatic heterocycles. The van der Waals surface area contributed by atoms with Gasteiger partial charge in [-0.15, -0.1) is 0 Å². The second-order valence-electron chi connectivity index (χ2n) is 7.28. The quantitative estimate of drug-likeness (QED) is 0.803. The third kappa shape index (κ3) is 3.01. The Hall–Kier alpha value is -1.41. The van der Waals surface area contributed by atoms with E-state index in [1.807, 2.05) is 6.20 Å². The third-order valence-corrected chi connectivity index (χ3v) is 6.14. The number of hydrogen-bond acceptors (Lipinski definition) is 2. The summed E-state index contributed by atoms with van der Waals surface area (Å²) in [5.41, 5.74) is 7.29. The van der Waals surface area contributed by atoms with Crippen LogP contribution in [0.5, 0.6) is 0 Å². The number of aryl methyl sites for hydroxylation is 1. The largest absolute Gasteiger partial charge is 0.314 e. The minimum atomic E-state index is 0.289. The summed E-state index contributed by atoms with van der Waals surface area (Å²) in [6.45, 7) is 6.84. The van der Waals surface area contributed by atoms with E-state index in [-0.39, 0.29) is 5.54 Å². The van der Waals surface area contributed by atoms with Crippen molar-refractivity contribution in [3.63, 3.8) is 0 Å². The molecule has 1 aliphatic heterocycles. The zero-order valence-corrected chi connectivity index (χ0v) is 15.1. The first-order valence-electron chi connectivity index (χ1n) is 9.15. The Kier molecular flexibility index (Phi) is 4.72. The fraction of sp³-hybridized carbons (Fsp3) is 0.571. The first kappa shape index (κ1) is 16.4. The van der Waals surface area contributed by atoms with E-state index in [9.17, 15) is 0 Å². The summed E-state index contributed by atoms with van der Waals surface area (Å²) in [7, 11) is 2.15. The van der Waals surface area contributed by atoms with Crippen LogP contribution in [-0.4, -0.2) is 18.3 Å². The average molecular weight is 310 g/mol. The molecule has 0 saturated carbocycles. The van der Waals surface area contributed by atoms with Gasteiger partial charge in [0.1, 0.15) is 0 Å². The number of fused-ring (bicyclic) bond motifs is 1. The molecule has 0 bridgehead atoms. The van der Waals surface area contributed by atoms with Gasteiger partial charge in [-0.3, -0.25) is 4.99 Å². The molecule has 0 amide bonds. The van der Waals surface area contributed by atoms with Crippen molar-refractivity contribution in [3.05, 3.63) is 46.7 Å². The van der Waals surface area contributed by atoms with Gasteiger partial charge in [-0.05, 0) is 73.9 Å². The van der Waals surface area contributed by atoms with Crippen molar-refractivity contribution in [2.75, 3.05) is 7.05 Å². The summed E-state index contributed by atoms with van der Waals surface area (Å²) in [6.07, 6.45) is 9.07. The van der Waals surface area contributed by atoms with Gasteiger partial charge in [-0.25, -0.2) is 0 Å². The van der Waals surface area contributed by atoms with Crippen LogP contribution >= 0.6 is 0 Å². The monoisotopic (exact) mass is 310 g/mol. The van der Waals surface area contributed by atoms with Gasteiger partial charge in [0.05, 0.1) is 5.71 Å². The van der Waals surface area contributed by atoms with Gasteiger partial charge >= 0.3 is 0 Å². The van der Waals surface area contributed by atoms with Gasteiger partial charge in [-0.2, -0.15) is 0 Å². The van der Waals surface area contributed by atoms with Crippen LogP contribution in [-0.2, 0) is 12.8 Å². The van der Waals surface area contributed by atoms with E-state index in [1.165, 1.54) is 49.0 Å². The number of benzene rings is 1. The normalized spacial score (nSPS) is 27.2. The van der Waals surface area contributed by atoms with E-state index < -0.39 is 0 Å². The number of nitrogens with zero attached hydrogens (tertiary/aromatic N) is 1. The summed E-state index contributed by atoms with van der Waals surface area (Å²) in [5.74, 6) is 0.720. The second-order valence-corrected chi connectivity index (χ2v) is 7.28. The smallest absolute Gasteiger partial charge is 0.0516 e. The molecule has 124 valence electrons. The molecule has 2 aliphatic rings. The average Bonchev–Trinajstić information content (AvgIpc) is 2.94. The lowest BCUT2D eigenvalue weighted by Crippen LogP contribution is -2.49. The summed E-state index contributed by atoms with van der Waals surface area (Å²) in [5, 5.41) is 3.69. The van der Waals surface area contributed by atoms with Crippen LogP contribution in [0.4, 0.5) is 0 Å². The minimum absolute atomic E-state index is 0.289. The van der Waals surface area contributed by atoms with E-state index in [1.54, 1.807) is 11.1 Å². The fourth-order valence-electron chi connectivity index (χ4n) is 4.49. The number of hydrogen-bond donors (Lipinski definition) is 1. The van der Waals surface area contributed by atoms with Crippen LogP contribution in [0, 0.1) is 5.92 Å². The molecule has 2 nitrogen and oxygen atoms in total. The van der Waals surface area contributed by atoms with Crippen molar-refractivity contribution in [1.82, 2.24) is 5.32 Å². The summed E-state index contributed by atoms with van der Waals surface area (Å²) in [4.78, 5) is 4.59. The van der Waals surface area contributed by atoms with Gasteiger partial charge < -0.3 is 5.32 Å². The molecule has 1 heterocycles. The number of allylic oxidation sites excluding steroid dienone is 1. The van der Waals surface area contributed by atoms with Crippen molar-refractivity contribution >= 4 is 5.71 Å². The van der Waals surface area contributed by atoms with E-state index in [4.69, 9.17) is 0 Å². The Morgan fingerprint density at radius 1 is 1.26 bits per heavy atom. The van der Waals surface area contributed by atoms with E-state index in [2.05, 4.69) is 56.3 Å². The standard InChI is InChI=1S/C21H30N2/c1-5-19-13-16-7-8-18(20-11-15(3)14-23-20)12-17(16)9-10-21(19,6-2)22-4/h7-8,12,14,19,22H,5-6,9-11,13H2,1-4H3/t19-,21-/m0/s1. The molecule has 1 aromatic carbocycles. The molecular weight excluding hydrogens is 280 g/mol. The van der Waals surface area contributed by atoms with Crippen LogP contribution in [0.2, 0.25) is 0 Å². The van der Waals surface area contributed by atoms with Crippen LogP contribution in [0.25, 0.3) is 0 Å². The highest BCUT2D eigenvalue weighted by atomic mass is 14.9. The topological polar surface area (TPSA) is 24.4 Å². The molecule has 0 fully saturated rings. The molecule has 3 rings (SSSR count). The summed E-state index contributed by atoms with van der Waals surface area (Å²) >= 11 is 0. The Labute approximate surface area is 141 Å². The van der Waals surface area contributed by atoms with Gasteiger partial charge in [-0.1, -0.05) is 32.4 Å². The Morgan fingerprint density at radius 3 is 2.70 bits per heavy atom. The van der Waals surface area contributed by atoms with Gasteiger partial charge in [0.15, 0.2) is 0 Å². The molecule has 1 aliphatic carbocycles. The van der Waals surface area contributed by atoms with Crippen molar-refractivity contribution < 1.29 is 0 Å². The lowest BCUT2D eigenvalue weighted by Gasteiger charge is -2.39. The molecule has 2 heteroatoms. The minimum Gasteiger partial charge on any atom is -0.314 e.